The summed E-state index contributed by atoms with van der Waals surface area (Å²) in [5.41, 5.74) is 1.49. The Morgan fingerprint density at radius 2 is 2.33 bits per heavy atom. The summed E-state index contributed by atoms with van der Waals surface area (Å²) in [6.07, 6.45) is 1.18. The first-order chi connectivity index (χ1) is 5.59. The molecule has 0 spiro atoms. The second-order valence-electron chi connectivity index (χ2n) is 1.97. The van der Waals surface area contributed by atoms with E-state index in [1.165, 1.54) is 27.6 Å². The van der Waals surface area contributed by atoms with Crippen molar-refractivity contribution in [3.63, 3.8) is 0 Å². The standard InChI is InChI=1S/C4H2ClN3O2S2/c5-12(9,10)3-1-6-4-8(3)7-2-11-4/h1-2H. The SMILES string of the molecule is O=S(=O)(Cl)c1cnc2scnn12. The molecule has 8 heteroatoms. The van der Waals surface area contributed by atoms with E-state index >= 15 is 0 Å². The molecule has 0 aliphatic carbocycles. The molecule has 5 nitrogen and oxygen atoms in total. The van der Waals surface area contributed by atoms with E-state index in [1.54, 1.807) is 0 Å². The molecule has 0 fully saturated rings. The van der Waals surface area contributed by atoms with Crippen LogP contribution in [0.3, 0.4) is 0 Å². The Labute approximate surface area is 76.0 Å². The van der Waals surface area contributed by atoms with Crippen molar-refractivity contribution in [2.45, 2.75) is 5.03 Å². The zero-order valence-electron chi connectivity index (χ0n) is 5.51. The fourth-order valence-electron chi connectivity index (χ4n) is 0.785. The van der Waals surface area contributed by atoms with Gasteiger partial charge in [0.1, 0.15) is 5.51 Å². The van der Waals surface area contributed by atoms with Crippen LogP contribution in [0.5, 0.6) is 0 Å². The fourth-order valence-corrected chi connectivity index (χ4v) is 2.27. The lowest BCUT2D eigenvalue weighted by atomic mass is 10.9. The fraction of sp³-hybridized carbons (Fsp3) is 0. The van der Waals surface area contributed by atoms with E-state index in [2.05, 4.69) is 10.1 Å². The van der Waals surface area contributed by atoms with E-state index in [1.807, 2.05) is 0 Å². The van der Waals surface area contributed by atoms with Gasteiger partial charge in [-0.05, 0) is 0 Å². The molecule has 0 saturated carbocycles. The van der Waals surface area contributed by atoms with Crippen molar-refractivity contribution in [2.75, 3.05) is 0 Å². The number of hydrogen-bond donors (Lipinski definition) is 0. The van der Waals surface area contributed by atoms with Gasteiger partial charge in [0.05, 0.1) is 6.20 Å². The predicted octanol–water partition coefficient (Wildman–Crippen LogP) is 0.718. The van der Waals surface area contributed by atoms with Crippen LogP contribution in [0.1, 0.15) is 0 Å². The van der Waals surface area contributed by atoms with Gasteiger partial charge in [-0.15, -0.1) is 0 Å². The number of fused-ring (bicyclic) bond motifs is 1. The minimum absolute atomic E-state index is 0.0968. The molecule has 0 aliphatic rings. The highest BCUT2D eigenvalue weighted by molar-refractivity contribution is 8.13. The Morgan fingerprint density at radius 3 is 3.00 bits per heavy atom. The van der Waals surface area contributed by atoms with Crippen LogP contribution in [0.25, 0.3) is 4.96 Å². The van der Waals surface area contributed by atoms with Crippen molar-refractivity contribution in [3.8, 4) is 0 Å². The smallest absolute Gasteiger partial charge is 0.225 e. The van der Waals surface area contributed by atoms with E-state index in [0.29, 0.717) is 4.96 Å². The molecular weight excluding hydrogens is 222 g/mol. The van der Waals surface area contributed by atoms with Crippen molar-refractivity contribution >= 4 is 36.0 Å². The van der Waals surface area contributed by atoms with Gasteiger partial charge in [-0.3, -0.25) is 0 Å². The summed E-state index contributed by atoms with van der Waals surface area (Å²) in [5, 5.41) is 3.66. The molecule has 0 radical (unpaired) electrons. The van der Waals surface area contributed by atoms with Crippen LogP contribution in [0, 0.1) is 0 Å². The average molecular weight is 224 g/mol. The Balaban J connectivity index is 2.87. The molecule has 2 heterocycles. The van der Waals surface area contributed by atoms with Crippen molar-refractivity contribution in [1.82, 2.24) is 14.6 Å². The first kappa shape index (κ1) is 7.96. The molecule has 12 heavy (non-hydrogen) atoms. The number of aromatic nitrogens is 3. The molecule has 2 rings (SSSR count). The van der Waals surface area contributed by atoms with Crippen LogP contribution in [0.2, 0.25) is 0 Å². The number of nitrogens with zero attached hydrogens (tertiary/aromatic N) is 3. The third-order valence-corrected chi connectivity index (χ3v) is 3.19. The van der Waals surface area contributed by atoms with Crippen LogP contribution < -0.4 is 0 Å². The molecular formula is C4H2ClN3O2S2. The van der Waals surface area contributed by atoms with Crippen LogP contribution in [0.15, 0.2) is 16.7 Å². The van der Waals surface area contributed by atoms with Gasteiger partial charge in [0.2, 0.25) is 4.96 Å². The van der Waals surface area contributed by atoms with Crippen LogP contribution in [0.4, 0.5) is 0 Å². The zero-order chi connectivity index (χ0) is 8.77. The molecule has 0 aromatic carbocycles. The Kier molecular flexibility index (Phi) is 1.60. The second kappa shape index (κ2) is 2.41. The summed E-state index contributed by atoms with van der Waals surface area (Å²) < 4.78 is 22.9. The lowest BCUT2D eigenvalue weighted by Crippen LogP contribution is -1.96. The number of rotatable bonds is 1. The summed E-state index contributed by atoms with van der Waals surface area (Å²) >= 11 is 1.24. The maximum absolute atomic E-state index is 10.9. The van der Waals surface area contributed by atoms with Gasteiger partial charge in [-0.2, -0.15) is 9.61 Å². The summed E-state index contributed by atoms with van der Waals surface area (Å²) in [4.78, 5) is 4.31. The lowest BCUT2D eigenvalue weighted by Gasteiger charge is -1.88. The largest absolute Gasteiger partial charge is 0.280 e. The van der Waals surface area contributed by atoms with Gasteiger partial charge < -0.3 is 0 Å². The molecule has 0 unspecified atom stereocenters. The van der Waals surface area contributed by atoms with Crippen LogP contribution in [-0.4, -0.2) is 23.0 Å². The minimum Gasteiger partial charge on any atom is -0.225 e. The van der Waals surface area contributed by atoms with Gasteiger partial charge in [0.15, 0.2) is 5.03 Å². The number of hydrogen-bond acceptors (Lipinski definition) is 5. The molecule has 0 N–H and O–H groups in total. The molecule has 2 aromatic heterocycles. The first-order valence-corrected chi connectivity index (χ1v) is 6.00. The Hall–Kier alpha value is -0.660. The molecule has 0 amide bonds. The Bertz CT molecular complexity index is 513. The van der Waals surface area contributed by atoms with Gasteiger partial charge in [-0.25, -0.2) is 13.4 Å². The van der Waals surface area contributed by atoms with Gasteiger partial charge in [0, 0.05) is 10.7 Å². The van der Waals surface area contributed by atoms with Crippen LogP contribution >= 0.6 is 22.0 Å². The molecule has 0 bridgehead atoms. The highest BCUT2D eigenvalue weighted by Gasteiger charge is 2.17. The maximum Gasteiger partial charge on any atom is 0.280 e. The van der Waals surface area contributed by atoms with Gasteiger partial charge in [0.25, 0.3) is 9.05 Å². The number of halogens is 1. The van der Waals surface area contributed by atoms with E-state index in [-0.39, 0.29) is 5.03 Å². The topological polar surface area (TPSA) is 64.3 Å². The lowest BCUT2D eigenvalue weighted by molar-refractivity contribution is 0.602. The van der Waals surface area contributed by atoms with Crippen LogP contribution in [-0.2, 0) is 9.05 Å². The quantitative estimate of drug-likeness (QED) is 0.669. The van der Waals surface area contributed by atoms with E-state index in [9.17, 15) is 8.42 Å². The van der Waals surface area contributed by atoms with Crippen molar-refractivity contribution in [1.29, 1.82) is 0 Å². The van der Waals surface area contributed by atoms with Gasteiger partial charge in [-0.1, -0.05) is 11.3 Å². The molecule has 0 aliphatic heterocycles. The molecule has 2 aromatic rings. The van der Waals surface area contributed by atoms with Gasteiger partial charge >= 0.3 is 0 Å². The summed E-state index contributed by atoms with van der Waals surface area (Å²) in [6, 6.07) is 0. The molecule has 64 valence electrons. The summed E-state index contributed by atoms with van der Waals surface area (Å²) in [6.45, 7) is 0. The first-order valence-electron chi connectivity index (χ1n) is 2.81. The second-order valence-corrected chi connectivity index (χ2v) is 5.29. The monoisotopic (exact) mass is 223 g/mol. The summed E-state index contributed by atoms with van der Waals surface area (Å²) in [5.74, 6) is 0. The van der Waals surface area contributed by atoms with E-state index in [4.69, 9.17) is 10.7 Å². The highest BCUT2D eigenvalue weighted by atomic mass is 35.7. The minimum atomic E-state index is -3.74. The highest BCUT2D eigenvalue weighted by Crippen LogP contribution is 2.17. The molecule has 0 atom stereocenters. The third kappa shape index (κ3) is 1.10. The average Bonchev–Trinajstić information content (AvgIpc) is 2.37. The Morgan fingerprint density at radius 1 is 1.58 bits per heavy atom. The summed E-state index contributed by atoms with van der Waals surface area (Å²) in [7, 11) is 1.37. The van der Waals surface area contributed by atoms with Crippen molar-refractivity contribution < 1.29 is 8.42 Å². The number of imidazole rings is 1. The zero-order valence-corrected chi connectivity index (χ0v) is 7.90. The normalized spacial score (nSPS) is 12.4. The van der Waals surface area contributed by atoms with E-state index < -0.39 is 9.05 Å². The van der Waals surface area contributed by atoms with Crippen molar-refractivity contribution in [2.24, 2.45) is 0 Å². The van der Waals surface area contributed by atoms with Crippen molar-refractivity contribution in [3.05, 3.63) is 11.7 Å². The molecule has 0 saturated heterocycles. The third-order valence-electron chi connectivity index (χ3n) is 1.25. The van der Waals surface area contributed by atoms with E-state index in [0.717, 1.165) is 0 Å². The maximum atomic E-state index is 10.9. The predicted molar refractivity (Wildman–Crippen MR) is 43.9 cm³/mol.